The summed E-state index contributed by atoms with van der Waals surface area (Å²) >= 11 is 0. The van der Waals surface area contributed by atoms with Crippen molar-refractivity contribution < 1.29 is 19.4 Å². The van der Waals surface area contributed by atoms with Crippen molar-refractivity contribution in [2.75, 3.05) is 12.3 Å². The summed E-state index contributed by atoms with van der Waals surface area (Å²) in [6.45, 7) is 2.09. The first kappa shape index (κ1) is 14.8. The lowest BCUT2D eigenvalue weighted by Gasteiger charge is -2.21. The number of carbonyl (C=O) groups excluding carboxylic acids is 2. The van der Waals surface area contributed by atoms with E-state index in [2.05, 4.69) is 0 Å². The molecule has 0 fully saturated rings. The fraction of sp³-hybridized carbons (Fsp3) is 0.111. The number of anilines is 1. The molecule has 2 aromatic rings. The number of nitrogens with two attached hydrogens (primary N) is 1. The average Bonchev–Trinajstić information content (AvgIpc) is 2.55. The van der Waals surface area contributed by atoms with Gasteiger partial charge in [-0.3, -0.25) is 9.59 Å². The van der Waals surface area contributed by atoms with Crippen LogP contribution in [0.4, 0.5) is 5.69 Å². The number of fused-ring (bicyclic) bond motifs is 2. The molecule has 0 atom stereocenters. The van der Waals surface area contributed by atoms with Gasteiger partial charge in [0.1, 0.15) is 18.1 Å². The third kappa shape index (κ3) is 2.26. The van der Waals surface area contributed by atoms with Crippen molar-refractivity contribution >= 4 is 17.3 Å². The molecule has 1 aliphatic carbocycles. The van der Waals surface area contributed by atoms with Crippen LogP contribution in [0.25, 0.3) is 0 Å². The van der Waals surface area contributed by atoms with Gasteiger partial charge in [0.25, 0.3) is 0 Å². The second-order valence-electron chi connectivity index (χ2n) is 5.14. The summed E-state index contributed by atoms with van der Waals surface area (Å²) in [6, 6.07) is 7.76. The highest BCUT2D eigenvalue weighted by molar-refractivity contribution is 6.31. The van der Waals surface area contributed by atoms with Crippen molar-refractivity contribution in [1.82, 2.24) is 0 Å². The van der Waals surface area contributed by atoms with Crippen LogP contribution in [-0.4, -0.2) is 23.3 Å². The van der Waals surface area contributed by atoms with Crippen molar-refractivity contribution in [3.05, 3.63) is 64.7 Å². The Morgan fingerprint density at radius 1 is 1.13 bits per heavy atom. The lowest BCUT2D eigenvalue weighted by molar-refractivity contribution is 0.0977. The van der Waals surface area contributed by atoms with Crippen LogP contribution in [-0.2, 0) is 0 Å². The Bertz CT molecular complexity index is 852. The van der Waals surface area contributed by atoms with Gasteiger partial charge in [0.2, 0.25) is 0 Å². The lowest BCUT2D eigenvalue weighted by atomic mass is 9.82. The van der Waals surface area contributed by atoms with Gasteiger partial charge in [0.05, 0.1) is 16.8 Å². The largest absolute Gasteiger partial charge is 0.507 e. The first-order valence-electron chi connectivity index (χ1n) is 7.14. The number of benzene rings is 2. The van der Waals surface area contributed by atoms with Crippen molar-refractivity contribution in [1.29, 1.82) is 0 Å². The van der Waals surface area contributed by atoms with E-state index in [4.69, 9.17) is 10.5 Å². The molecule has 0 unspecified atom stereocenters. The number of ether oxygens (including phenoxy) is 1. The molecular formula is C18H15NO4. The molecule has 0 spiro atoms. The van der Waals surface area contributed by atoms with Gasteiger partial charge in [0, 0.05) is 17.2 Å². The summed E-state index contributed by atoms with van der Waals surface area (Å²) in [6.07, 6.45) is 3.57. The quantitative estimate of drug-likeness (QED) is 0.441. The zero-order valence-electron chi connectivity index (χ0n) is 12.5. The number of carbonyl (C=O) groups is 2. The standard InChI is InChI=1S/C18H15NO4/c1-2-3-8-23-13-9-12(20)14-15(16(13)19)18(22)11-7-5-4-6-10(11)17(14)21/h2-7,9,20H,8,19H2,1H3/b3-2+. The van der Waals surface area contributed by atoms with Crippen LogP contribution in [0.1, 0.15) is 38.8 Å². The molecule has 0 heterocycles. The SMILES string of the molecule is C/C=C/COc1cc(O)c2c(c1N)C(=O)c1ccccc1C2=O. The van der Waals surface area contributed by atoms with Crippen LogP contribution in [0.15, 0.2) is 42.5 Å². The third-order valence-corrected chi connectivity index (χ3v) is 3.75. The maximum atomic E-state index is 12.7. The van der Waals surface area contributed by atoms with Crippen LogP contribution in [0.3, 0.4) is 0 Å². The van der Waals surface area contributed by atoms with Gasteiger partial charge < -0.3 is 15.6 Å². The minimum atomic E-state index is -0.417. The summed E-state index contributed by atoms with van der Waals surface area (Å²) in [5, 5.41) is 10.2. The van der Waals surface area contributed by atoms with Gasteiger partial charge in [-0.15, -0.1) is 0 Å². The average molecular weight is 309 g/mol. The number of aromatic hydroxyl groups is 1. The van der Waals surface area contributed by atoms with Crippen LogP contribution in [0.2, 0.25) is 0 Å². The number of phenolic OH excluding ortho intramolecular Hbond substituents is 1. The van der Waals surface area contributed by atoms with Gasteiger partial charge in [-0.1, -0.05) is 36.4 Å². The summed E-state index contributed by atoms with van der Waals surface area (Å²) in [7, 11) is 0. The van der Waals surface area contributed by atoms with E-state index in [9.17, 15) is 14.7 Å². The molecule has 0 aromatic heterocycles. The summed E-state index contributed by atoms with van der Waals surface area (Å²) in [5.74, 6) is -0.934. The van der Waals surface area contributed by atoms with Crippen molar-refractivity contribution in [2.45, 2.75) is 6.92 Å². The molecule has 0 saturated carbocycles. The topological polar surface area (TPSA) is 89.6 Å². The molecule has 0 bridgehead atoms. The summed E-state index contributed by atoms with van der Waals surface area (Å²) in [4.78, 5) is 25.3. The highest BCUT2D eigenvalue weighted by Crippen LogP contribution is 2.41. The van der Waals surface area contributed by atoms with E-state index in [0.29, 0.717) is 0 Å². The minimum absolute atomic E-state index is 0.00387. The monoisotopic (exact) mass is 309 g/mol. The number of ketones is 2. The number of rotatable bonds is 3. The Labute approximate surface area is 133 Å². The third-order valence-electron chi connectivity index (χ3n) is 3.75. The number of hydrogen-bond donors (Lipinski definition) is 2. The number of phenols is 1. The van der Waals surface area contributed by atoms with E-state index in [0.717, 1.165) is 0 Å². The van der Waals surface area contributed by atoms with Crippen LogP contribution >= 0.6 is 0 Å². The van der Waals surface area contributed by atoms with E-state index in [1.165, 1.54) is 6.07 Å². The predicted molar refractivity (Wildman–Crippen MR) is 86.1 cm³/mol. The molecule has 0 saturated heterocycles. The fourth-order valence-corrected chi connectivity index (χ4v) is 2.63. The van der Waals surface area contributed by atoms with Gasteiger partial charge in [0.15, 0.2) is 11.6 Å². The van der Waals surface area contributed by atoms with Gasteiger partial charge in [-0.05, 0) is 6.92 Å². The number of hydrogen-bond acceptors (Lipinski definition) is 5. The van der Waals surface area contributed by atoms with E-state index in [1.807, 2.05) is 6.92 Å². The first-order chi connectivity index (χ1) is 11.1. The molecule has 116 valence electrons. The van der Waals surface area contributed by atoms with E-state index in [-0.39, 0.29) is 51.8 Å². The Morgan fingerprint density at radius 2 is 1.74 bits per heavy atom. The van der Waals surface area contributed by atoms with Gasteiger partial charge in [-0.2, -0.15) is 0 Å². The van der Waals surface area contributed by atoms with Crippen LogP contribution < -0.4 is 10.5 Å². The van der Waals surface area contributed by atoms with Gasteiger partial charge >= 0.3 is 0 Å². The molecule has 0 aliphatic heterocycles. The Hall–Kier alpha value is -3.08. The molecule has 3 N–H and O–H groups in total. The van der Waals surface area contributed by atoms with Crippen LogP contribution in [0, 0.1) is 0 Å². The molecule has 1 aliphatic rings. The molecule has 23 heavy (non-hydrogen) atoms. The smallest absolute Gasteiger partial charge is 0.198 e. The molecule has 0 radical (unpaired) electrons. The van der Waals surface area contributed by atoms with Crippen molar-refractivity contribution in [3.8, 4) is 11.5 Å². The Balaban J connectivity index is 2.18. The second kappa shape index (κ2) is 5.61. The number of nitrogen functional groups attached to an aromatic ring is 1. The lowest BCUT2D eigenvalue weighted by Crippen LogP contribution is -2.23. The van der Waals surface area contributed by atoms with Crippen molar-refractivity contribution in [2.24, 2.45) is 0 Å². The fourth-order valence-electron chi connectivity index (χ4n) is 2.63. The second-order valence-corrected chi connectivity index (χ2v) is 5.14. The molecule has 5 heteroatoms. The highest BCUT2D eigenvalue weighted by Gasteiger charge is 2.34. The summed E-state index contributed by atoms with van der Waals surface area (Å²) in [5.41, 5.74) is 6.58. The molecule has 3 rings (SSSR count). The molecule has 5 nitrogen and oxygen atoms in total. The highest BCUT2D eigenvalue weighted by atomic mass is 16.5. The zero-order valence-corrected chi connectivity index (χ0v) is 12.5. The molecule has 2 aromatic carbocycles. The van der Waals surface area contributed by atoms with Gasteiger partial charge in [-0.25, -0.2) is 0 Å². The Morgan fingerprint density at radius 3 is 2.35 bits per heavy atom. The zero-order chi connectivity index (χ0) is 16.6. The van der Waals surface area contributed by atoms with E-state index < -0.39 is 5.78 Å². The van der Waals surface area contributed by atoms with E-state index in [1.54, 1.807) is 36.4 Å². The maximum Gasteiger partial charge on any atom is 0.198 e. The first-order valence-corrected chi connectivity index (χ1v) is 7.14. The van der Waals surface area contributed by atoms with Crippen molar-refractivity contribution in [3.63, 3.8) is 0 Å². The minimum Gasteiger partial charge on any atom is -0.507 e. The predicted octanol–water partition coefficient (Wildman–Crippen LogP) is 2.70. The normalized spacial score (nSPS) is 13.1. The molecular weight excluding hydrogens is 294 g/mol. The number of allylic oxidation sites excluding steroid dienone is 1. The Kier molecular flexibility index (Phi) is 3.62. The van der Waals surface area contributed by atoms with E-state index >= 15 is 0 Å². The summed E-state index contributed by atoms with van der Waals surface area (Å²) < 4.78 is 5.46. The van der Waals surface area contributed by atoms with Crippen LogP contribution in [0.5, 0.6) is 11.5 Å². The maximum absolute atomic E-state index is 12.7. The molecule has 0 amide bonds.